The number of ketones is 1. The van der Waals surface area contributed by atoms with Gasteiger partial charge in [-0.15, -0.1) is 12.6 Å². The number of carbonyl (C=O) groups is 2. The summed E-state index contributed by atoms with van der Waals surface area (Å²) in [6.45, 7) is 1.44. The molecule has 1 aromatic carbocycles. The molecule has 74 valence electrons. The Morgan fingerprint density at radius 2 is 2.00 bits per heavy atom. The molecule has 0 aliphatic heterocycles. The molecule has 0 aromatic heterocycles. The number of Topliss-reactive ketones (excluding diaryl/α,β-unsaturated/α-hetero) is 1. The molecular weight excluding hydrogens is 200 g/mol. The minimum atomic E-state index is -0.488. The van der Waals surface area contributed by atoms with Gasteiger partial charge in [0.05, 0.1) is 12.7 Å². The highest BCUT2D eigenvalue weighted by molar-refractivity contribution is 7.80. The molecule has 0 bridgehead atoms. The lowest BCUT2D eigenvalue weighted by Gasteiger charge is -2.04. The SMILES string of the molecule is COC(=O)c1cc(C(C)=O)ccc1S. The predicted molar refractivity (Wildman–Crippen MR) is 55.0 cm³/mol. The average molecular weight is 210 g/mol. The molecule has 0 fully saturated rings. The van der Waals surface area contributed by atoms with Crippen molar-refractivity contribution in [2.45, 2.75) is 11.8 Å². The van der Waals surface area contributed by atoms with Crippen molar-refractivity contribution in [3.63, 3.8) is 0 Å². The van der Waals surface area contributed by atoms with Crippen molar-refractivity contribution in [2.75, 3.05) is 7.11 Å². The highest BCUT2D eigenvalue weighted by Gasteiger charge is 2.11. The summed E-state index contributed by atoms with van der Waals surface area (Å²) in [6, 6.07) is 4.71. The van der Waals surface area contributed by atoms with Gasteiger partial charge < -0.3 is 4.74 Å². The molecule has 3 nitrogen and oxygen atoms in total. The maximum absolute atomic E-state index is 11.2. The summed E-state index contributed by atoms with van der Waals surface area (Å²) in [7, 11) is 1.29. The number of hydrogen-bond donors (Lipinski definition) is 1. The van der Waals surface area contributed by atoms with E-state index in [1.54, 1.807) is 12.1 Å². The van der Waals surface area contributed by atoms with Gasteiger partial charge in [-0.3, -0.25) is 4.79 Å². The third-order valence-electron chi connectivity index (χ3n) is 1.81. The van der Waals surface area contributed by atoms with E-state index in [0.29, 0.717) is 16.0 Å². The molecule has 0 saturated heterocycles. The lowest BCUT2D eigenvalue weighted by Crippen LogP contribution is -2.04. The Morgan fingerprint density at radius 3 is 2.50 bits per heavy atom. The first-order valence-corrected chi connectivity index (χ1v) is 4.43. The predicted octanol–water partition coefficient (Wildman–Crippen LogP) is 1.96. The fourth-order valence-electron chi connectivity index (χ4n) is 1.03. The third kappa shape index (κ3) is 2.14. The second-order valence-corrected chi connectivity index (χ2v) is 3.26. The Kier molecular flexibility index (Phi) is 3.30. The summed E-state index contributed by atoms with van der Waals surface area (Å²) in [6.07, 6.45) is 0. The molecular formula is C10H10O3S. The van der Waals surface area contributed by atoms with E-state index in [4.69, 9.17) is 0 Å². The molecule has 0 radical (unpaired) electrons. The minimum absolute atomic E-state index is 0.0940. The molecule has 0 amide bonds. The van der Waals surface area contributed by atoms with E-state index in [0.717, 1.165) is 0 Å². The maximum Gasteiger partial charge on any atom is 0.339 e. The zero-order valence-corrected chi connectivity index (χ0v) is 8.80. The number of benzene rings is 1. The molecule has 14 heavy (non-hydrogen) atoms. The van der Waals surface area contributed by atoms with Crippen LogP contribution in [0.15, 0.2) is 23.1 Å². The van der Waals surface area contributed by atoms with Crippen LogP contribution < -0.4 is 0 Å². The largest absolute Gasteiger partial charge is 0.465 e. The molecule has 0 atom stereocenters. The van der Waals surface area contributed by atoms with Gasteiger partial charge in [0.15, 0.2) is 5.78 Å². The number of ether oxygens (including phenoxy) is 1. The Labute approximate surface area is 87.5 Å². The molecule has 1 aromatic rings. The fraction of sp³-hybridized carbons (Fsp3) is 0.200. The number of rotatable bonds is 2. The van der Waals surface area contributed by atoms with Crippen LogP contribution >= 0.6 is 12.6 Å². The van der Waals surface area contributed by atoms with Crippen LogP contribution in [0.5, 0.6) is 0 Å². The Morgan fingerprint density at radius 1 is 1.36 bits per heavy atom. The first-order valence-electron chi connectivity index (χ1n) is 3.98. The van der Waals surface area contributed by atoms with Crippen molar-refractivity contribution in [2.24, 2.45) is 0 Å². The van der Waals surface area contributed by atoms with E-state index in [-0.39, 0.29) is 5.78 Å². The van der Waals surface area contributed by atoms with Crippen molar-refractivity contribution in [3.8, 4) is 0 Å². The summed E-state index contributed by atoms with van der Waals surface area (Å²) in [5, 5.41) is 0. The van der Waals surface area contributed by atoms with Gasteiger partial charge in [-0.1, -0.05) is 6.07 Å². The molecule has 1 rings (SSSR count). The maximum atomic E-state index is 11.2. The molecule has 0 unspecified atom stereocenters. The third-order valence-corrected chi connectivity index (χ3v) is 2.20. The van der Waals surface area contributed by atoms with Crippen LogP contribution in [0.1, 0.15) is 27.6 Å². The fourth-order valence-corrected chi connectivity index (χ4v) is 1.26. The van der Waals surface area contributed by atoms with E-state index in [1.165, 1.54) is 20.1 Å². The monoisotopic (exact) mass is 210 g/mol. The Bertz CT molecular complexity index is 385. The van der Waals surface area contributed by atoms with Crippen LogP contribution in [-0.4, -0.2) is 18.9 Å². The van der Waals surface area contributed by atoms with Crippen molar-refractivity contribution in [3.05, 3.63) is 29.3 Å². The van der Waals surface area contributed by atoms with Gasteiger partial charge in [-0.05, 0) is 19.1 Å². The Balaban J connectivity index is 3.21. The van der Waals surface area contributed by atoms with E-state index in [1.807, 2.05) is 0 Å². The van der Waals surface area contributed by atoms with Gasteiger partial charge in [0.25, 0.3) is 0 Å². The number of methoxy groups -OCH3 is 1. The van der Waals surface area contributed by atoms with Crippen molar-refractivity contribution in [1.29, 1.82) is 0 Å². The van der Waals surface area contributed by atoms with Crippen molar-refractivity contribution in [1.82, 2.24) is 0 Å². The molecule has 0 aliphatic carbocycles. The van der Waals surface area contributed by atoms with E-state index in [9.17, 15) is 9.59 Å². The van der Waals surface area contributed by atoms with Crippen LogP contribution in [-0.2, 0) is 4.74 Å². The normalized spacial score (nSPS) is 9.64. The lowest BCUT2D eigenvalue weighted by molar-refractivity contribution is 0.0597. The highest BCUT2D eigenvalue weighted by Crippen LogP contribution is 2.17. The molecule has 0 heterocycles. The van der Waals surface area contributed by atoms with Crippen LogP contribution in [0.3, 0.4) is 0 Å². The molecule has 0 saturated carbocycles. The van der Waals surface area contributed by atoms with Gasteiger partial charge in [0.2, 0.25) is 0 Å². The lowest BCUT2D eigenvalue weighted by atomic mass is 10.1. The summed E-state index contributed by atoms with van der Waals surface area (Å²) in [5.41, 5.74) is 0.784. The number of thiol groups is 1. The second kappa shape index (κ2) is 4.28. The van der Waals surface area contributed by atoms with Crippen LogP contribution in [0.4, 0.5) is 0 Å². The topological polar surface area (TPSA) is 43.4 Å². The second-order valence-electron chi connectivity index (χ2n) is 2.78. The first-order chi connectivity index (χ1) is 6.56. The summed E-state index contributed by atoms with van der Waals surface area (Å²) < 4.78 is 4.55. The van der Waals surface area contributed by atoms with Gasteiger partial charge in [-0.25, -0.2) is 4.79 Å². The highest BCUT2D eigenvalue weighted by atomic mass is 32.1. The zero-order chi connectivity index (χ0) is 10.7. The van der Waals surface area contributed by atoms with Gasteiger partial charge in [0.1, 0.15) is 0 Å². The summed E-state index contributed by atoms with van der Waals surface area (Å²) in [5.74, 6) is -0.582. The van der Waals surface area contributed by atoms with E-state index >= 15 is 0 Å². The van der Waals surface area contributed by atoms with Crippen molar-refractivity contribution >= 4 is 24.4 Å². The summed E-state index contributed by atoms with van der Waals surface area (Å²) in [4.78, 5) is 22.8. The van der Waals surface area contributed by atoms with E-state index < -0.39 is 5.97 Å². The van der Waals surface area contributed by atoms with Crippen LogP contribution in [0.2, 0.25) is 0 Å². The number of esters is 1. The average Bonchev–Trinajstić information content (AvgIpc) is 2.17. The molecule has 0 spiro atoms. The van der Waals surface area contributed by atoms with Gasteiger partial charge in [-0.2, -0.15) is 0 Å². The minimum Gasteiger partial charge on any atom is -0.465 e. The van der Waals surface area contributed by atoms with E-state index in [2.05, 4.69) is 17.4 Å². The van der Waals surface area contributed by atoms with Crippen molar-refractivity contribution < 1.29 is 14.3 Å². The van der Waals surface area contributed by atoms with Gasteiger partial charge in [0, 0.05) is 10.5 Å². The summed E-state index contributed by atoms with van der Waals surface area (Å²) >= 11 is 4.09. The molecule has 0 N–H and O–H groups in total. The molecule has 4 heteroatoms. The zero-order valence-electron chi connectivity index (χ0n) is 7.90. The quantitative estimate of drug-likeness (QED) is 0.461. The molecule has 0 aliphatic rings. The first kappa shape index (κ1) is 10.8. The smallest absolute Gasteiger partial charge is 0.339 e. The van der Waals surface area contributed by atoms with Crippen LogP contribution in [0, 0.1) is 0 Å². The Hall–Kier alpha value is -1.29. The van der Waals surface area contributed by atoms with Crippen LogP contribution in [0.25, 0.3) is 0 Å². The number of hydrogen-bond acceptors (Lipinski definition) is 4. The number of carbonyl (C=O) groups excluding carboxylic acids is 2. The van der Waals surface area contributed by atoms with Gasteiger partial charge >= 0.3 is 5.97 Å². The standard InChI is InChI=1S/C10H10O3S/c1-6(11)7-3-4-9(14)8(5-7)10(12)13-2/h3-5,14H,1-2H3.